The third kappa shape index (κ3) is 3.56. The van der Waals surface area contributed by atoms with E-state index >= 15 is 0 Å². The minimum absolute atomic E-state index is 0.183. The summed E-state index contributed by atoms with van der Waals surface area (Å²) in [5, 5.41) is 5.35. The Bertz CT molecular complexity index is 893. The molecule has 3 aromatic heterocycles. The summed E-state index contributed by atoms with van der Waals surface area (Å²) in [7, 11) is 0. The monoisotopic (exact) mass is 431 g/mol. The van der Waals surface area contributed by atoms with Gasteiger partial charge < -0.3 is 0 Å². The molecular weight excluding hydrogens is 410 g/mol. The number of unbranched alkanes of at least 4 members (excludes halogenated alkanes) is 5. The minimum atomic E-state index is -0.183. The summed E-state index contributed by atoms with van der Waals surface area (Å²) in [5.41, 5.74) is 1.03. The molecule has 4 rings (SSSR count). The second-order valence-corrected chi connectivity index (χ2v) is 9.52. The molecule has 3 aromatic rings. The number of hydrogen-bond donors (Lipinski definition) is 0. The van der Waals surface area contributed by atoms with Crippen LogP contribution in [0.1, 0.15) is 66.2 Å². The van der Waals surface area contributed by atoms with Gasteiger partial charge in [0.15, 0.2) is 0 Å². The molecule has 0 saturated carbocycles. The number of hydrogen-bond acceptors (Lipinski definition) is 7. The average molecular weight is 432 g/mol. The normalized spacial score (nSPS) is 13.5. The smallest absolute Gasteiger partial charge is 0.263 e. The van der Waals surface area contributed by atoms with Crippen LogP contribution in [0.5, 0.6) is 0 Å². The predicted molar refractivity (Wildman–Crippen MR) is 115 cm³/mol. The predicted octanol–water partition coefficient (Wildman–Crippen LogP) is 5.95. The van der Waals surface area contributed by atoms with E-state index in [0.717, 1.165) is 39.0 Å². The van der Waals surface area contributed by atoms with Crippen molar-refractivity contribution in [3.8, 4) is 19.8 Å². The summed E-state index contributed by atoms with van der Waals surface area (Å²) in [4.78, 5) is 38.0. The number of fused-ring (bicyclic) bond motifs is 1. The van der Waals surface area contributed by atoms with E-state index in [0.29, 0.717) is 17.7 Å². The van der Waals surface area contributed by atoms with Gasteiger partial charge in [-0.3, -0.25) is 14.5 Å². The number of nitrogens with zero attached hydrogens (tertiary/aromatic N) is 3. The van der Waals surface area contributed by atoms with Gasteiger partial charge in [-0.2, -0.15) is 0 Å². The van der Waals surface area contributed by atoms with Gasteiger partial charge in [0.2, 0.25) is 0 Å². The van der Waals surface area contributed by atoms with Crippen LogP contribution in [0.15, 0.2) is 23.2 Å². The Labute approximate surface area is 176 Å². The van der Waals surface area contributed by atoms with E-state index in [4.69, 9.17) is 0 Å². The van der Waals surface area contributed by atoms with E-state index in [9.17, 15) is 9.59 Å². The minimum Gasteiger partial charge on any atom is -0.274 e. The van der Waals surface area contributed by atoms with E-state index in [-0.39, 0.29) is 11.8 Å². The molecule has 4 heterocycles. The quantitative estimate of drug-likeness (QED) is 0.310. The molecule has 0 saturated heterocycles. The highest BCUT2D eigenvalue weighted by molar-refractivity contribution is 7.26. The Morgan fingerprint density at radius 2 is 1.36 bits per heavy atom. The fourth-order valence-corrected chi connectivity index (χ4v) is 6.20. The molecule has 8 heteroatoms. The van der Waals surface area contributed by atoms with Crippen molar-refractivity contribution >= 4 is 45.8 Å². The lowest BCUT2D eigenvalue weighted by Gasteiger charge is -2.14. The molecule has 1 aliphatic heterocycles. The van der Waals surface area contributed by atoms with Crippen LogP contribution in [0.4, 0.5) is 0 Å². The van der Waals surface area contributed by atoms with Gasteiger partial charge in [-0.1, -0.05) is 39.0 Å². The first-order chi connectivity index (χ1) is 13.7. The Morgan fingerprint density at radius 1 is 0.821 bits per heavy atom. The van der Waals surface area contributed by atoms with Crippen LogP contribution in [0, 0.1) is 0 Å². The molecule has 0 spiro atoms. The van der Waals surface area contributed by atoms with Crippen molar-refractivity contribution < 1.29 is 9.59 Å². The van der Waals surface area contributed by atoms with Crippen LogP contribution in [-0.2, 0) is 0 Å². The Hall–Kier alpha value is -1.90. The lowest BCUT2D eigenvalue weighted by Crippen LogP contribution is -2.31. The van der Waals surface area contributed by atoms with Crippen molar-refractivity contribution in [3.63, 3.8) is 0 Å². The van der Waals surface area contributed by atoms with Crippen molar-refractivity contribution in [2.24, 2.45) is 0 Å². The first-order valence-corrected chi connectivity index (χ1v) is 12.1. The SMILES string of the molecule is CCCCCCCCN1C(=O)c2c(-c3nccs3)sc(-c3nccs3)c2C1=O. The molecular formula is C20H21N3O2S3. The van der Waals surface area contributed by atoms with Gasteiger partial charge >= 0.3 is 0 Å². The highest BCUT2D eigenvalue weighted by atomic mass is 32.1. The van der Waals surface area contributed by atoms with Crippen molar-refractivity contribution in [1.82, 2.24) is 14.9 Å². The number of carbonyl (C=O) groups excluding carboxylic acids is 2. The zero-order chi connectivity index (χ0) is 19.5. The molecule has 0 N–H and O–H groups in total. The molecule has 2 amide bonds. The van der Waals surface area contributed by atoms with Crippen LogP contribution in [0.2, 0.25) is 0 Å². The molecule has 28 heavy (non-hydrogen) atoms. The summed E-state index contributed by atoms with van der Waals surface area (Å²) < 4.78 is 0. The zero-order valence-electron chi connectivity index (χ0n) is 15.6. The lowest BCUT2D eigenvalue weighted by atomic mass is 10.1. The van der Waals surface area contributed by atoms with E-state index < -0.39 is 0 Å². The molecule has 0 radical (unpaired) electrons. The molecule has 0 aromatic carbocycles. The number of carbonyl (C=O) groups is 2. The van der Waals surface area contributed by atoms with E-state index in [1.807, 2.05) is 10.8 Å². The highest BCUT2D eigenvalue weighted by Gasteiger charge is 2.42. The van der Waals surface area contributed by atoms with Gasteiger partial charge in [0.25, 0.3) is 11.8 Å². The van der Waals surface area contributed by atoms with Gasteiger partial charge in [-0.05, 0) is 6.42 Å². The van der Waals surface area contributed by atoms with Gasteiger partial charge in [-0.15, -0.1) is 34.0 Å². The number of amides is 2. The van der Waals surface area contributed by atoms with Crippen molar-refractivity contribution in [2.45, 2.75) is 45.4 Å². The first kappa shape index (κ1) is 19.4. The average Bonchev–Trinajstić information content (AvgIpc) is 3.47. The summed E-state index contributed by atoms with van der Waals surface area (Å²) >= 11 is 4.42. The summed E-state index contributed by atoms with van der Waals surface area (Å²) in [6.45, 7) is 2.68. The number of imide groups is 1. The molecule has 0 unspecified atom stereocenters. The number of thiazole rings is 2. The maximum atomic E-state index is 13.1. The van der Waals surface area contributed by atoms with E-state index in [1.165, 1.54) is 58.2 Å². The highest BCUT2D eigenvalue weighted by Crippen LogP contribution is 2.47. The van der Waals surface area contributed by atoms with Crippen LogP contribution in [0.3, 0.4) is 0 Å². The van der Waals surface area contributed by atoms with E-state index in [2.05, 4.69) is 16.9 Å². The third-order valence-electron chi connectivity index (χ3n) is 4.81. The van der Waals surface area contributed by atoms with Gasteiger partial charge in [-0.25, -0.2) is 9.97 Å². The number of rotatable bonds is 9. The van der Waals surface area contributed by atoms with Crippen molar-refractivity contribution in [1.29, 1.82) is 0 Å². The van der Waals surface area contributed by atoms with Crippen molar-refractivity contribution in [3.05, 3.63) is 34.3 Å². The zero-order valence-corrected chi connectivity index (χ0v) is 18.1. The largest absolute Gasteiger partial charge is 0.274 e. The Morgan fingerprint density at radius 3 is 1.86 bits per heavy atom. The van der Waals surface area contributed by atoms with Crippen LogP contribution in [0.25, 0.3) is 19.8 Å². The summed E-state index contributed by atoms with van der Waals surface area (Å²) in [6, 6.07) is 0. The molecule has 0 fully saturated rings. The first-order valence-electron chi connectivity index (χ1n) is 9.55. The number of aromatic nitrogens is 2. The summed E-state index contributed by atoms with van der Waals surface area (Å²) in [6.07, 6.45) is 10.2. The van der Waals surface area contributed by atoms with Crippen LogP contribution < -0.4 is 0 Å². The second kappa shape index (κ2) is 8.63. The second-order valence-electron chi connectivity index (χ2n) is 6.71. The maximum absolute atomic E-state index is 13.1. The fourth-order valence-electron chi connectivity index (χ4n) is 3.43. The Kier molecular flexibility index (Phi) is 5.99. The summed E-state index contributed by atoms with van der Waals surface area (Å²) in [5.74, 6) is -0.365. The number of thiophene rings is 1. The molecule has 146 valence electrons. The maximum Gasteiger partial charge on any atom is 0.263 e. The van der Waals surface area contributed by atoms with Gasteiger partial charge in [0.1, 0.15) is 10.0 Å². The van der Waals surface area contributed by atoms with E-state index in [1.54, 1.807) is 12.4 Å². The molecule has 0 aliphatic carbocycles. The van der Waals surface area contributed by atoms with Crippen LogP contribution in [-0.4, -0.2) is 33.2 Å². The van der Waals surface area contributed by atoms with Gasteiger partial charge in [0.05, 0.1) is 20.9 Å². The fraction of sp³-hybridized carbons (Fsp3) is 0.400. The third-order valence-corrected chi connectivity index (χ3v) is 7.86. The molecule has 5 nitrogen and oxygen atoms in total. The molecule has 0 atom stereocenters. The lowest BCUT2D eigenvalue weighted by molar-refractivity contribution is 0.0652. The van der Waals surface area contributed by atoms with Crippen LogP contribution >= 0.6 is 34.0 Å². The topological polar surface area (TPSA) is 63.2 Å². The standard InChI is InChI=1S/C20H21N3O2S3/c1-2-3-4-5-6-7-10-23-19(24)13-14(20(23)25)16(18-22-9-12-27-18)28-15(13)17-21-8-11-26-17/h8-9,11-12H,2-7,10H2,1H3. The molecule has 0 bridgehead atoms. The Balaban J connectivity index is 1.61. The molecule has 1 aliphatic rings. The van der Waals surface area contributed by atoms with Gasteiger partial charge in [0, 0.05) is 29.7 Å². The van der Waals surface area contributed by atoms with Crippen molar-refractivity contribution in [2.75, 3.05) is 6.54 Å².